The number of anilines is 1. The predicted molar refractivity (Wildman–Crippen MR) is 108 cm³/mol. The first-order valence-corrected chi connectivity index (χ1v) is 9.75. The van der Waals surface area contributed by atoms with Crippen molar-refractivity contribution in [3.63, 3.8) is 0 Å². The molecule has 2 rings (SSSR count). The lowest BCUT2D eigenvalue weighted by Gasteiger charge is -2.17. The number of amides is 1. The van der Waals surface area contributed by atoms with Crippen molar-refractivity contribution in [1.29, 1.82) is 0 Å². The molecular weight excluding hydrogens is 362 g/mol. The summed E-state index contributed by atoms with van der Waals surface area (Å²) in [5.74, 6) is 0.391. The van der Waals surface area contributed by atoms with Gasteiger partial charge in [0.15, 0.2) is 6.10 Å². The Morgan fingerprint density at radius 1 is 1.04 bits per heavy atom. The van der Waals surface area contributed by atoms with E-state index in [-0.39, 0.29) is 17.6 Å². The summed E-state index contributed by atoms with van der Waals surface area (Å²) < 4.78 is 10.4. The van der Waals surface area contributed by atoms with Crippen LogP contribution in [0, 0.1) is 0 Å². The maximum atomic E-state index is 12.4. The molecule has 0 aromatic heterocycles. The number of carbonyl (C=O) groups excluding carboxylic acids is 2. The number of hydrogen-bond donors (Lipinski definition) is 1. The van der Waals surface area contributed by atoms with E-state index in [1.807, 2.05) is 48.5 Å². The van der Waals surface area contributed by atoms with E-state index < -0.39 is 12.1 Å². The summed E-state index contributed by atoms with van der Waals surface area (Å²) in [7, 11) is 1.60. The Labute approximate surface area is 164 Å². The number of methoxy groups -OCH3 is 1. The molecule has 0 saturated carbocycles. The molecule has 6 heteroatoms. The SMILES string of the molecule is COc1ccc(SCC(=O)O[C@@H](C)C(=O)Nc2ccccc2C(C)C)cc1. The number of benzene rings is 2. The van der Waals surface area contributed by atoms with Gasteiger partial charge in [0.2, 0.25) is 0 Å². The van der Waals surface area contributed by atoms with E-state index in [2.05, 4.69) is 19.2 Å². The number of rotatable bonds is 8. The van der Waals surface area contributed by atoms with Crippen molar-refractivity contribution in [1.82, 2.24) is 0 Å². The minimum atomic E-state index is -0.866. The van der Waals surface area contributed by atoms with Crippen LogP contribution in [0.5, 0.6) is 5.75 Å². The Bertz CT molecular complexity index is 774. The molecule has 0 radical (unpaired) electrons. The van der Waals surface area contributed by atoms with Crippen LogP contribution in [0.15, 0.2) is 53.4 Å². The van der Waals surface area contributed by atoms with Gasteiger partial charge in [0.05, 0.1) is 12.9 Å². The topological polar surface area (TPSA) is 64.6 Å². The second-order valence-electron chi connectivity index (χ2n) is 6.33. The van der Waals surface area contributed by atoms with E-state index in [1.54, 1.807) is 14.0 Å². The number of esters is 1. The highest BCUT2D eigenvalue weighted by molar-refractivity contribution is 8.00. The molecular formula is C21H25NO4S. The van der Waals surface area contributed by atoms with Crippen LogP contribution in [0.3, 0.4) is 0 Å². The van der Waals surface area contributed by atoms with Crippen LogP contribution in [-0.2, 0) is 14.3 Å². The normalized spacial score (nSPS) is 11.7. The quantitative estimate of drug-likeness (QED) is 0.534. The predicted octanol–water partition coefficient (Wildman–Crippen LogP) is 4.48. The fourth-order valence-corrected chi connectivity index (χ4v) is 3.13. The average Bonchev–Trinajstić information content (AvgIpc) is 2.67. The van der Waals surface area contributed by atoms with Crippen molar-refractivity contribution in [3.05, 3.63) is 54.1 Å². The Morgan fingerprint density at radius 3 is 2.33 bits per heavy atom. The maximum Gasteiger partial charge on any atom is 0.317 e. The Balaban J connectivity index is 1.85. The molecule has 0 bridgehead atoms. The molecule has 0 aliphatic carbocycles. The third-order valence-electron chi connectivity index (χ3n) is 3.93. The number of ether oxygens (including phenoxy) is 2. The van der Waals surface area contributed by atoms with Gasteiger partial charge in [0, 0.05) is 10.6 Å². The minimum absolute atomic E-state index is 0.131. The highest BCUT2D eigenvalue weighted by Crippen LogP contribution is 2.24. The van der Waals surface area contributed by atoms with Gasteiger partial charge in [-0.15, -0.1) is 11.8 Å². The summed E-state index contributed by atoms with van der Waals surface area (Å²) in [5, 5.41) is 2.85. The molecule has 0 aliphatic rings. The number of thioether (sulfide) groups is 1. The summed E-state index contributed by atoms with van der Waals surface area (Å²) in [4.78, 5) is 25.3. The number of hydrogen-bond acceptors (Lipinski definition) is 5. The Hall–Kier alpha value is -2.47. The summed E-state index contributed by atoms with van der Waals surface area (Å²) in [6.45, 7) is 5.69. The van der Waals surface area contributed by atoms with Gasteiger partial charge in [-0.2, -0.15) is 0 Å². The van der Waals surface area contributed by atoms with E-state index in [0.29, 0.717) is 0 Å². The first-order chi connectivity index (χ1) is 12.9. The Morgan fingerprint density at radius 2 is 1.70 bits per heavy atom. The molecule has 0 spiro atoms. The van der Waals surface area contributed by atoms with Gasteiger partial charge in [-0.25, -0.2) is 0 Å². The minimum Gasteiger partial charge on any atom is -0.497 e. The van der Waals surface area contributed by atoms with Crippen LogP contribution in [0.25, 0.3) is 0 Å². The van der Waals surface area contributed by atoms with Crippen molar-refractivity contribution in [2.75, 3.05) is 18.2 Å². The van der Waals surface area contributed by atoms with Gasteiger partial charge in [0.25, 0.3) is 5.91 Å². The average molecular weight is 388 g/mol. The number of para-hydroxylation sites is 1. The van der Waals surface area contributed by atoms with Crippen LogP contribution >= 0.6 is 11.8 Å². The lowest BCUT2D eigenvalue weighted by Crippen LogP contribution is -2.30. The molecule has 2 aromatic rings. The molecule has 0 unspecified atom stereocenters. The maximum absolute atomic E-state index is 12.4. The molecule has 0 saturated heterocycles. The highest BCUT2D eigenvalue weighted by Gasteiger charge is 2.19. The second kappa shape index (κ2) is 10.0. The molecule has 0 fully saturated rings. The molecule has 1 N–H and O–H groups in total. The van der Waals surface area contributed by atoms with Gasteiger partial charge in [0.1, 0.15) is 5.75 Å². The highest BCUT2D eigenvalue weighted by atomic mass is 32.2. The van der Waals surface area contributed by atoms with Crippen LogP contribution < -0.4 is 10.1 Å². The molecule has 5 nitrogen and oxygen atoms in total. The van der Waals surface area contributed by atoms with Crippen LogP contribution in [-0.4, -0.2) is 30.8 Å². The standard InChI is InChI=1S/C21H25NO4S/c1-14(2)18-7-5-6-8-19(18)22-21(24)15(3)26-20(23)13-27-17-11-9-16(25-4)10-12-17/h5-12,14-15H,13H2,1-4H3,(H,22,24)/t15-/m0/s1. The molecule has 1 atom stereocenters. The van der Waals surface area contributed by atoms with Crippen molar-refractivity contribution in [2.45, 2.75) is 37.7 Å². The van der Waals surface area contributed by atoms with E-state index >= 15 is 0 Å². The summed E-state index contributed by atoms with van der Waals surface area (Å²) >= 11 is 1.35. The van der Waals surface area contributed by atoms with Gasteiger partial charge in [-0.3, -0.25) is 9.59 Å². The van der Waals surface area contributed by atoms with Crippen molar-refractivity contribution < 1.29 is 19.1 Å². The second-order valence-corrected chi connectivity index (χ2v) is 7.38. The molecule has 144 valence electrons. The third-order valence-corrected chi connectivity index (χ3v) is 4.92. The van der Waals surface area contributed by atoms with Crippen molar-refractivity contribution >= 4 is 29.3 Å². The summed E-state index contributed by atoms with van der Waals surface area (Å²) in [6, 6.07) is 15.0. The first-order valence-electron chi connectivity index (χ1n) is 8.76. The lowest BCUT2D eigenvalue weighted by atomic mass is 10.0. The molecule has 1 amide bonds. The lowest BCUT2D eigenvalue weighted by molar-refractivity contribution is -0.150. The molecule has 27 heavy (non-hydrogen) atoms. The number of carbonyl (C=O) groups is 2. The van der Waals surface area contributed by atoms with Gasteiger partial charge >= 0.3 is 5.97 Å². The summed E-state index contributed by atoms with van der Waals surface area (Å²) in [6.07, 6.45) is -0.866. The van der Waals surface area contributed by atoms with E-state index in [4.69, 9.17) is 9.47 Å². The van der Waals surface area contributed by atoms with Crippen LogP contribution in [0.1, 0.15) is 32.3 Å². The van der Waals surface area contributed by atoms with Crippen LogP contribution in [0.4, 0.5) is 5.69 Å². The fraction of sp³-hybridized carbons (Fsp3) is 0.333. The zero-order chi connectivity index (χ0) is 19.8. The molecule has 0 heterocycles. The van der Waals surface area contributed by atoms with Crippen molar-refractivity contribution in [2.24, 2.45) is 0 Å². The zero-order valence-electron chi connectivity index (χ0n) is 16.0. The van der Waals surface area contributed by atoms with Crippen LogP contribution in [0.2, 0.25) is 0 Å². The fourth-order valence-electron chi connectivity index (χ4n) is 2.45. The van der Waals surface area contributed by atoms with E-state index in [9.17, 15) is 9.59 Å². The first kappa shape index (κ1) is 20.8. The van der Waals surface area contributed by atoms with Gasteiger partial charge in [-0.05, 0) is 48.7 Å². The smallest absolute Gasteiger partial charge is 0.317 e. The van der Waals surface area contributed by atoms with E-state index in [0.717, 1.165) is 21.9 Å². The van der Waals surface area contributed by atoms with Gasteiger partial charge < -0.3 is 14.8 Å². The molecule has 0 aliphatic heterocycles. The number of nitrogens with one attached hydrogen (secondary N) is 1. The van der Waals surface area contributed by atoms with Gasteiger partial charge in [-0.1, -0.05) is 32.0 Å². The largest absolute Gasteiger partial charge is 0.497 e. The monoisotopic (exact) mass is 387 g/mol. The van der Waals surface area contributed by atoms with E-state index in [1.165, 1.54) is 11.8 Å². The summed E-state index contributed by atoms with van der Waals surface area (Å²) in [5.41, 5.74) is 1.78. The van der Waals surface area contributed by atoms with Crippen molar-refractivity contribution in [3.8, 4) is 5.75 Å². The third kappa shape index (κ3) is 6.32. The Kier molecular flexibility index (Phi) is 7.73. The molecule has 2 aromatic carbocycles. The zero-order valence-corrected chi connectivity index (χ0v) is 16.8.